The third-order valence-corrected chi connectivity index (χ3v) is 3.39. The Morgan fingerprint density at radius 2 is 1.85 bits per heavy atom. The Hall–Kier alpha value is -0.120. The predicted octanol–water partition coefficient (Wildman–Crippen LogP) is 0.921. The lowest BCUT2D eigenvalue weighted by Crippen LogP contribution is -2.72. The van der Waals surface area contributed by atoms with Gasteiger partial charge in [0.25, 0.3) is 0 Å². The summed E-state index contributed by atoms with van der Waals surface area (Å²) in [5, 5.41) is 0. The van der Waals surface area contributed by atoms with Gasteiger partial charge in [0.1, 0.15) is 0 Å². The van der Waals surface area contributed by atoms with E-state index in [1.165, 1.54) is 25.7 Å². The van der Waals surface area contributed by atoms with Crippen LogP contribution < -0.4 is 5.73 Å². The standard InChI is InChI=1S/C10H19NO2/c1-12-4-5-13-3-2-9-6-10(11,7-9)8-9/h2-8,11H2,1H3. The molecule has 2 N–H and O–H groups in total. The Morgan fingerprint density at radius 3 is 2.38 bits per heavy atom. The number of rotatable bonds is 6. The average Bonchev–Trinajstić information content (AvgIpc) is 1.98. The van der Waals surface area contributed by atoms with Crippen LogP contribution in [0.3, 0.4) is 0 Å². The molecule has 3 aliphatic rings. The van der Waals surface area contributed by atoms with E-state index < -0.39 is 0 Å². The van der Waals surface area contributed by atoms with Gasteiger partial charge in [-0.1, -0.05) is 0 Å². The Balaban J connectivity index is 1.51. The van der Waals surface area contributed by atoms with Crippen LogP contribution in [0.4, 0.5) is 0 Å². The highest BCUT2D eigenvalue weighted by Gasteiger charge is 2.64. The minimum absolute atomic E-state index is 0.243. The zero-order chi connectivity index (χ0) is 9.36. The van der Waals surface area contributed by atoms with Gasteiger partial charge in [-0.3, -0.25) is 0 Å². The number of hydrogen-bond donors (Lipinski definition) is 1. The van der Waals surface area contributed by atoms with Crippen LogP contribution in [0.25, 0.3) is 0 Å². The summed E-state index contributed by atoms with van der Waals surface area (Å²) in [5.74, 6) is 0. The molecule has 0 saturated heterocycles. The molecule has 0 heterocycles. The van der Waals surface area contributed by atoms with E-state index in [-0.39, 0.29) is 5.54 Å². The molecule has 0 unspecified atom stereocenters. The molecule has 0 aromatic heterocycles. The van der Waals surface area contributed by atoms with Crippen LogP contribution in [0.1, 0.15) is 25.7 Å². The van der Waals surface area contributed by atoms with Crippen LogP contribution in [-0.4, -0.2) is 32.5 Å². The smallest absolute Gasteiger partial charge is 0.0700 e. The highest BCUT2D eigenvalue weighted by Crippen LogP contribution is 2.67. The number of hydrogen-bond acceptors (Lipinski definition) is 3. The van der Waals surface area contributed by atoms with Crippen LogP contribution in [0.2, 0.25) is 0 Å². The predicted molar refractivity (Wildman–Crippen MR) is 50.5 cm³/mol. The van der Waals surface area contributed by atoms with Crippen LogP contribution in [-0.2, 0) is 9.47 Å². The highest BCUT2D eigenvalue weighted by molar-refractivity contribution is 5.21. The van der Waals surface area contributed by atoms with Crippen LogP contribution in [0.5, 0.6) is 0 Å². The maximum atomic E-state index is 5.96. The van der Waals surface area contributed by atoms with Crippen molar-refractivity contribution < 1.29 is 9.47 Å². The first-order chi connectivity index (χ1) is 6.18. The maximum Gasteiger partial charge on any atom is 0.0700 e. The summed E-state index contributed by atoms with van der Waals surface area (Å²) in [4.78, 5) is 0. The molecular weight excluding hydrogens is 166 g/mol. The van der Waals surface area contributed by atoms with Crippen molar-refractivity contribution in [3.05, 3.63) is 0 Å². The van der Waals surface area contributed by atoms with E-state index in [0.29, 0.717) is 12.0 Å². The summed E-state index contributed by atoms with van der Waals surface area (Å²) in [6, 6.07) is 0. The molecule has 0 aromatic rings. The Kier molecular flexibility index (Phi) is 2.34. The minimum atomic E-state index is 0.243. The molecule has 3 rings (SSSR count). The Labute approximate surface area is 79.6 Å². The second-order valence-electron chi connectivity index (χ2n) is 4.75. The van der Waals surface area contributed by atoms with Crippen molar-refractivity contribution in [3.63, 3.8) is 0 Å². The number of nitrogens with two attached hydrogens (primary N) is 1. The van der Waals surface area contributed by atoms with E-state index in [4.69, 9.17) is 15.2 Å². The van der Waals surface area contributed by atoms with Crippen molar-refractivity contribution in [1.29, 1.82) is 0 Å². The van der Waals surface area contributed by atoms with Gasteiger partial charge in [-0.25, -0.2) is 0 Å². The molecule has 0 aromatic carbocycles. The molecule has 3 fully saturated rings. The first kappa shape index (κ1) is 9.44. The number of methoxy groups -OCH3 is 1. The summed E-state index contributed by atoms with van der Waals surface area (Å²) in [5.41, 5.74) is 6.79. The lowest BCUT2D eigenvalue weighted by molar-refractivity contribution is -0.146. The van der Waals surface area contributed by atoms with Crippen LogP contribution in [0, 0.1) is 5.41 Å². The molecule has 3 heteroatoms. The Bertz CT molecular complexity index is 174. The molecule has 76 valence electrons. The van der Waals surface area contributed by atoms with Gasteiger partial charge in [-0.15, -0.1) is 0 Å². The van der Waals surface area contributed by atoms with Crippen LogP contribution >= 0.6 is 0 Å². The van der Waals surface area contributed by atoms with Gasteiger partial charge in [0, 0.05) is 19.3 Å². The van der Waals surface area contributed by atoms with Gasteiger partial charge in [0.15, 0.2) is 0 Å². The second kappa shape index (κ2) is 3.23. The van der Waals surface area contributed by atoms with Gasteiger partial charge >= 0.3 is 0 Å². The fourth-order valence-corrected chi connectivity index (χ4v) is 2.88. The van der Waals surface area contributed by atoms with Gasteiger partial charge in [-0.05, 0) is 31.1 Å². The molecule has 0 atom stereocenters. The van der Waals surface area contributed by atoms with Crippen molar-refractivity contribution in [2.75, 3.05) is 26.9 Å². The normalized spacial score (nSPS) is 41.1. The first-order valence-corrected chi connectivity index (χ1v) is 5.04. The Morgan fingerprint density at radius 1 is 1.15 bits per heavy atom. The zero-order valence-corrected chi connectivity index (χ0v) is 8.34. The van der Waals surface area contributed by atoms with E-state index in [9.17, 15) is 0 Å². The van der Waals surface area contributed by atoms with Gasteiger partial charge in [0.05, 0.1) is 13.2 Å². The summed E-state index contributed by atoms with van der Waals surface area (Å²) in [6.45, 7) is 2.30. The molecule has 0 aliphatic heterocycles. The van der Waals surface area contributed by atoms with E-state index in [0.717, 1.165) is 13.2 Å². The maximum absolute atomic E-state index is 5.96. The fraction of sp³-hybridized carbons (Fsp3) is 1.00. The van der Waals surface area contributed by atoms with E-state index >= 15 is 0 Å². The van der Waals surface area contributed by atoms with Crippen LogP contribution in [0.15, 0.2) is 0 Å². The van der Waals surface area contributed by atoms with Gasteiger partial charge < -0.3 is 15.2 Å². The molecule has 3 aliphatic carbocycles. The van der Waals surface area contributed by atoms with E-state index in [2.05, 4.69) is 0 Å². The van der Waals surface area contributed by atoms with Crippen molar-refractivity contribution in [3.8, 4) is 0 Å². The lowest BCUT2D eigenvalue weighted by Gasteiger charge is -2.69. The third kappa shape index (κ3) is 1.73. The minimum Gasteiger partial charge on any atom is -0.382 e. The molecule has 3 nitrogen and oxygen atoms in total. The molecule has 0 radical (unpaired) electrons. The highest BCUT2D eigenvalue weighted by atomic mass is 16.5. The number of ether oxygens (including phenoxy) is 2. The SMILES string of the molecule is COCCOCCC12CC(N)(C1)C2. The summed E-state index contributed by atoms with van der Waals surface area (Å²) in [6.07, 6.45) is 4.88. The van der Waals surface area contributed by atoms with Crippen molar-refractivity contribution >= 4 is 0 Å². The van der Waals surface area contributed by atoms with Crippen molar-refractivity contribution in [2.45, 2.75) is 31.2 Å². The van der Waals surface area contributed by atoms with Crippen molar-refractivity contribution in [2.24, 2.45) is 11.1 Å². The molecule has 13 heavy (non-hydrogen) atoms. The quantitative estimate of drug-likeness (QED) is 0.626. The zero-order valence-electron chi connectivity index (χ0n) is 8.34. The van der Waals surface area contributed by atoms with E-state index in [1.807, 2.05) is 0 Å². The fourth-order valence-electron chi connectivity index (χ4n) is 2.88. The molecular formula is C10H19NO2. The molecule has 0 amide bonds. The topological polar surface area (TPSA) is 44.5 Å². The van der Waals surface area contributed by atoms with Gasteiger partial charge in [0.2, 0.25) is 0 Å². The summed E-state index contributed by atoms with van der Waals surface area (Å²) in [7, 11) is 1.70. The molecule has 0 spiro atoms. The monoisotopic (exact) mass is 185 g/mol. The first-order valence-electron chi connectivity index (χ1n) is 5.04. The lowest BCUT2D eigenvalue weighted by atomic mass is 9.39. The largest absolute Gasteiger partial charge is 0.382 e. The molecule has 3 saturated carbocycles. The summed E-state index contributed by atoms with van der Waals surface area (Å²) >= 11 is 0. The van der Waals surface area contributed by atoms with Crippen molar-refractivity contribution in [1.82, 2.24) is 0 Å². The second-order valence-corrected chi connectivity index (χ2v) is 4.75. The third-order valence-electron chi connectivity index (χ3n) is 3.39. The molecule has 2 bridgehead atoms. The average molecular weight is 185 g/mol. The summed E-state index contributed by atoms with van der Waals surface area (Å²) < 4.78 is 10.3. The van der Waals surface area contributed by atoms with Gasteiger partial charge in [-0.2, -0.15) is 0 Å². The van der Waals surface area contributed by atoms with E-state index in [1.54, 1.807) is 7.11 Å².